The summed E-state index contributed by atoms with van der Waals surface area (Å²) in [6, 6.07) is 14.3. The number of hydrogen-bond acceptors (Lipinski definition) is 3. The Morgan fingerprint density at radius 1 is 1.11 bits per heavy atom. The zero-order valence-corrected chi connectivity index (χ0v) is 16.1. The van der Waals surface area contributed by atoms with E-state index in [0.717, 1.165) is 22.2 Å². The van der Waals surface area contributed by atoms with Crippen LogP contribution in [0.25, 0.3) is 10.9 Å². The van der Waals surface area contributed by atoms with Gasteiger partial charge in [0.15, 0.2) is 0 Å². The van der Waals surface area contributed by atoms with Crippen LogP contribution in [0.3, 0.4) is 0 Å². The van der Waals surface area contributed by atoms with Gasteiger partial charge in [-0.1, -0.05) is 18.2 Å². The van der Waals surface area contributed by atoms with Crippen LogP contribution in [0.4, 0.5) is 4.39 Å². The summed E-state index contributed by atoms with van der Waals surface area (Å²) in [5, 5.41) is 11.6. The molecule has 0 aliphatic heterocycles. The molecule has 0 spiro atoms. The number of β-amino-alcohol motifs (C(OH)–C–C–N with tert-alkyl or cyclic N) is 1. The summed E-state index contributed by atoms with van der Waals surface area (Å²) in [4.78, 5) is 5.33. The van der Waals surface area contributed by atoms with Crippen molar-refractivity contribution in [3.63, 3.8) is 0 Å². The molecule has 0 aliphatic rings. The van der Waals surface area contributed by atoms with Crippen LogP contribution in [-0.2, 0) is 6.54 Å². The standard InChI is InChI=1S/C22H27FN2O2/c1-22(2,3)25(13-16-7-9-17(23)10-8-16)14-18(26)15-27-21-6-4-5-20-19(21)11-12-24-20/h4-12,18,24,26H,13-15H2,1-3H3. The molecule has 0 saturated heterocycles. The quantitative estimate of drug-likeness (QED) is 0.650. The first-order chi connectivity index (χ1) is 12.8. The Labute approximate surface area is 159 Å². The third-order valence-electron chi connectivity index (χ3n) is 4.65. The molecule has 4 nitrogen and oxygen atoms in total. The smallest absolute Gasteiger partial charge is 0.128 e. The van der Waals surface area contributed by atoms with E-state index < -0.39 is 6.10 Å². The molecule has 2 N–H and O–H groups in total. The Morgan fingerprint density at radius 3 is 2.56 bits per heavy atom. The zero-order valence-electron chi connectivity index (χ0n) is 16.1. The number of nitrogens with one attached hydrogen (secondary N) is 1. The summed E-state index contributed by atoms with van der Waals surface area (Å²) in [6.45, 7) is 7.61. The summed E-state index contributed by atoms with van der Waals surface area (Å²) in [6.07, 6.45) is 1.23. The molecule has 0 fully saturated rings. The minimum atomic E-state index is -0.640. The maximum Gasteiger partial charge on any atom is 0.128 e. The number of ether oxygens (including phenoxy) is 1. The van der Waals surface area contributed by atoms with Crippen LogP contribution in [0.2, 0.25) is 0 Å². The van der Waals surface area contributed by atoms with Gasteiger partial charge >= 0.3 is 0 Å². The number of rotatable bonds is 7. The van der Waals surface area contributed by atoms with Gasteiger partial charge in [-0.15, -0.1) is 0 Å². The normalized spacial score (nSPS) is 13.3. The Balaban J connectivity index is 1.63. The summed E-state index contributed by atoms with van der Waals surface area (Å²) in [5.74, 6) is 0.516. The van der Waals surface area contributed by atoms with Crippen LogP contribution in [-0.4, -0.2) is 39.8 Å². The van der Waals surface area contributed by atoms with E-state index in [9.17, 15) is 9.50 Å². The second-order valence-corrected chi connectivity index (χ2v) is 7.84. The summed E-state index contributed by atoms with van der Waals surface area (Å²) >= 11 is 0. The lowest BCUT2D eigenvalue weighted by molar-refractivity contribution is 0.0287. The molecule has 2 aromatic carbocycles. The first-order valence-corrected chi connectivity index (χ1v) is 9.19. The lowest BCUT2D eigenvalue weighted by Gasteiger charge is -2.37. The molecule has 1 atom stereocenters. The fourth-order valence-electron chi connectivity index (χ4n) is 3.06. The van der Waals surface area contributed by atoms with Gasteiger partial charge in [-0.05, 0) is 56.7 Å². The van der Waals surface area contributed by atoms with Crippen LogP contribution in [0, 0.1) is 5.82 Å². The Hall–Kier alpha value is -2.37. The van der Waals surface area contributed by atoms with Gasteiger partial charge in [-0.3, -0.25) is 4.90 Å². The average Bonchev–Trinajstić information content (AvgIpc) is 3.09. The maximum atomic E-state index is 13.1. The highest BCUT2D eigenvalue weighted by Gasteiger charge is 2.24. The van der Waals surface area contributed by atoms with Crippen molar-refractivity contribution in [1.29, 1.82) is 0 Å². The van der Waals surface area contributed by atoms with E-state index >= 15 is 0 Å². The average molecular weight is 370 g/mol. The topological polar surface area (TPSA) is 48.5 Å². The molecule has 1 aromatic heterocycles. The summed E-state index contributed by atoms with van der Waals surface area (Å²) in [7, 11) is 0. The van der Waals surface area contributed by atoms with Gasteiger partial charge in [0.05, 0.1) is 0 Å². The third-order valence-corrected chi connectivity index (χ3v) is 4.65. The van der Waals surface area contributed by atoms with Crippen molar-refractivity contribution in [2.75, 3.05) is 13.2 Å². The number of aliphatic hydroxyl groups excluding tert-OH is 1. The van der Waals surface area contributed by atoms with E-state index in [1.54, 1.807) is 12.1 Å². The highest BCUT2D eigenvalue weighted by atomic mass is 19.1. The predicted octanol–water partition coefficient (Wildman–Crippen LogP) is 4.35. The molecule has 0 radical (unpaired) electrons. The minimum Gasteiger partial charge on any atom is -0.490 e. The number of nitrogens with zero attached hydrogens (tertiary/aromatic N) is 1. The van der Waals surface area contributed by atoms with Gasteiger partial charge in [-0.2, -0.15) is 0 Å². The molecular formula is C22H27FN2O2. The number of hydrogen-bond donors (Lipinski definition) is 2. The Morgan fingerprint density at radius 2 is 1.85 bits per heavy atom. The van der Waals surface area contributed by atoms with Crippen LogP contribution in [0.5, 0.6) is 5.75 Å². The van der Waals surface area contributed by atoms with Crippen LogP contribution >= 0.6 is 0 Å². The lowest BCUT2D eigenvalue weighted by atomic mass is 10.0. The summed E-state index contributed by atoms with van der Waals surface area (Å²) < 4.78 is 19.0. The van der Waals surface area contributed by atoms with Crippen molar-refractivity contribution in [1.82, 2.24) is 9.88 Å². The number of halogens is 1. The van der Waals surface area contributed by atoms with Crippen molar-refractivity contribution in [3.05, 3.63) is 66.1 Å². The van der Waals surface area contributed by atoms with Crippen molar-refractivity contribution in [2.45, 2.75) is 39.0 Å². The highest BCUT2D eigenvalue weighted by molar-refractivity contribution is 5.85. The molecule has 0 amide bonds. The molecule has 27 heavy (non-hydrogen) atoms. The molecule has 3 aromatic rings. The number of benzene rings is 2. The first-order valence-electron chi connectivity index (χ1n) is 9.19. The molecule has 144 valence electrons. The number of fused-ring (bicyclic) bond motifs is 1. The zero-order chi connectivity index (χ0) is 19.4. The molecule has 1 heterocycles. The third kappa shape index (κ3) is 5.08. The van der Waals surface area contributed by atoms with Gasteiger partial charge in [0.1, 0.15) is 24.3 Å². The van der Waals surface area contributed by atoms with E-state index in [4.69, 9.17) is 4.74 Å². The highest BCUT2D eigenvalue weighted by Crippen LogP contribution is 2.25. The van der Waals surface area contributed by atoms with Gasteiger partial charge < -0.3 is 14.8 Å². The van der Waals surface area contributed by atoms with Crippen LogP contribution < -0.4 is 4.74 Å². The van der Waals surface area contributed by atoms with Gasteiger partial charge in [0, 0.05) is 35.7 Å². The van der Waals surface area contributed by atoms with E-state index in [2.05, 4.69) is 30.7 Å². The number of aliphatic hydroxyl groups is 1. The van der Waals surface area contributed by atoms with Crippen molar-refractivity contribution in [3.8, 4) is 5.75 Å². The monoisotopic (exact) mass is 370 g/mol. The SMILES string of the molecule is CC(C)(C)N(Cc1ccc(F)cc1)CC(O)COc1cccc2[nH]ccc12. The molecule has 5 heteroatoms. The van der Waals surface area contributed by atoms with Crippen molar-refractivity contribution >= 4 is 10.9 Å². The lowest BCUT2D eigenvalue weighted by Crippen LogP contribution is -2.46. The molecule has 0 bridgehead atoms. The molecule has 0 saturated carbocycles. The van der Waals surface area contributed by atoms with Gasteiger partial charge in [0.2, 0.25) is 0 Å². The van der Waals surface area contributed by atoms with Crippen molar-refractivity contribution < 1.29 is 14.2 Å². The largest absolute Gasteiger partial charge is 0.490 e. The van der Waals surface area contributed by atoms with Gasteiger partial charge in [0.25, 0.3) is 0 Å². The second kappa shape index (κ2) is 8.11. The number of H-pyrrole nitrogens is 1. The number of aromatic amines is 1. The molecule has 3 rings (SSSR count). The fraction of sp³-hybridized carbons (Fsp3) is 0.364. The predicted molar refractivity (Wildman–Crippen MR) is 106 cm³/mol. The second-order valence-electron chi connectivity index (χ2n) is 7.84. The van der Waals surface area contributed by atoms with E-state index in [-0.39, 0.29) is 18.0 Å². The van der Waals surface area contributed by atoms with Crippen LogP contribution in [0.15, 0.2) is 54.7 Å². The molecule has 1 unspecified atom stereocenters. The van der Waals surface area contributed by atoms with E-state index in [0.29, 0.717) is 13.1 Å². The maximum absolute atomic E-state index is 13.1. The van der Waals surface area contributed by atoms with Crippen molar-refractivity contribution in [2.24, 2.45) is 0 Å². The van der Waals surface area contributed by atoms with E-state index in [1.165, 1.54) is 12.1 Å². The Bertz CT molecular complexity index is 868. The van der Waals surface area contributed by atoms with Crippen LogP contribution in [0.1, 0.15) is 26.3 Å². The minimum absolute atomic E-state index is 0.143. The van der Waals surface area contributed by atoms with Gasteiger partial charge in [-0.25, -0.2) is 4.39 Å². The molecule has 0 aliphatic carbocycles. The first kappa shape index (κ1) is 19.4. The van der Waals surface area contributed by atoms with E-state index in [1.807, 2.05) is 30.5 Å². The molecular weight excluding hydrogens is 343 g/mol. The number of aromatic nitrogens is 1. The Kier molecular flexibility index (Phi) is 5.82. The fourth-order valence-corrected chi connectivity index (χ4v) is 3.06. The summed E-state index contributed by atoms with van der Waals surface area (Å²) in [5.41, 5.74) is 1.88.